The van der Waals surface area contributed by atoms with Gasteiger partial charge in [0.15, 0.2) is 0 Å². The van der Waals surface area contributed by atoms with E-state index in [2.05, 4.69) is 33.2 Å². The number of nitrogens with zero attached hydrogens (tertiary/aromatic N) is 3. The summed E-state index contributed by atoms with van der Waals surface area (Å²) < 4.78 is 0. The summed E-state index contributed by atoms with van der Waals surface area (Å²) in [5.74, 6) is 1.07. The van der Waals surface area contributed by atoms with Gasteiger partial charge in [-0.25, -0.2) is 4.98 Å². The molecular weight excluding hydrogens is 278 g/mol. The fourth-order valence-corrected chi connectivity index (χ4v) is 2.59. The first-order chi connectivity index (χ1) is 10.6. The van der Waals surface area contributed by atoms with Gasteiger partial charge in [-0.15, -0.1) is 6.58 Å². The molecule has 1 aliphatic carbocycles. The van der Waals surface area contributed by atoms with Gasteiger partial charge in [-0.05, 0) is 39.0 Å². The third-order valence-corrected chi connectivity index (χ3v) is 3.84. The van der Waals surface area contributed by atoms with Crippen LogP contribution in [0.3, 0.4) is 0 Å². The van der Waals surface area contributed by atoms with Gasteiger partial charge in [0.05, 0.1) is 12.3 Å². The van der Waals surface area contributed by atoms with Crippen LogP contribution in [-0.2, 0) is 0 Å². The van der Waals surface area contributed by atoms with Gasteiger partial charge in [-0.3, -0.25) is 0 Å². The number of hydrogen-bond donors (Lipinski definition) is 3. The maximum atomic E-state index is 9.54. The number of rotatable bonds is 6. The number of nitriles is 1. The summed E-state index contributed by atoms with van der Waals surface area (Å²) in [5, 5.41) is 25.2. The van der Waals surface area contributed by atoms with E-state index < -0.39 is 0 Å². The zero-order valence-corrected chi connectivity index (χ0v) is 12.9. The van der Waals surface area contributed by atoms with E-state index in [9.17, 15) is 5.11 Å². The zero-order valence-electron chi connectivity index (χ0n) is 12.9. The highest BCUT2D eigenvalue weighted by molar-refractivity contribution is 5.54. The Morgan fingerprint density at radius 3 is 2.86 bits per heavy atom. The molecule has 0 radical (unpaired) electrons. The van der Waals surface area contributed by atoms with Crippen LogP contribution in [-0.4, -0.2) is 33.3 Å². The van der Waals surface area contributed by atoms with Gasteiger partial charge in [0, 0.05) is 12.1 Å². The lowest BCUT2D eigenvalue weighted by molar-refractivity contribution is 0.126. The van der Waals surface area contributed by atoms with Gasteiger partial charge < -0.3 is 15.7 Å². The fourth-order valence-electron chi connectivity index (χ4n) is 2.59. The maximum absolute atomic E-state index is 9.54. The molecule has 0 aromatic carbocycles. The van der Waals surface area contributed by atoms with Crippen LogP contribution < -0.4 is 10.6 Å². The summed E-state index contributed by atoms with van der Waals surface area (Å²) in [6.45, 7) is 5.73. The lowest BCUT2D eigenvalue weighted by Gasteiger charge is -2.26. The Morgan fingerprint density at radius 1 is 1.50 bits per heavy atom. The number of nitrogens with one attached hydrogen (secondary N) is 2. The summed E-state index contributed by atoms with van der Waals surface area (Å²) in [6, 6.07) is 2.53. The Labute approximate surface area is 131 Å². The lowest BCUT2D eigenvalue weighted by atomic mass is 9.93. The fraction of sp³-hybridized carbons (Fsp3) is 0.562. The van der Waals surface area contributed by atoms with E-state index in [0.717, 1.165) is 32.1 Å². The van der Waals surface area contributed by atoms with Crippen LogP contribution in [0.4, 0.5) is 11.8 Å². The van der Waals surface area contributed by atoms with Gasteiger partial charge in [0.1, 0.15) is 17.5 Å². The predicted octanol–water partition coefficient (Wildman–Crippen LogP) is 2.44. The molecule has 0 aliphatic heterocycles. The van der Waals surface area contributed by atoms with Crippen LogP contribution in [0, 0.1) is 11.3 Å². The normalized spacial score (nSPS) is 22.4. The molecule has 1 atom stereocenters. The molecule has 1 aliphatic rings. The molecule has 1 aromatic heterocycles. The first-order valence-corrected chi connectivity index (χ1v) is 7.71. The van der Waals surface area contributed by atoms with Gasteiger partial charge in [-0.2, -0.15) is 10.2 Å². The smallest absolute Gasteiger partial charge is 0.224 e. The van der Waals surface area contributed by atoms with E-state index >= 15 is 0 Å². The number of aliphatic hydroxyl groups is 1. The Bertz CT molecular complexity index is 546. The quantitative estimate of drug-likeness (QED) is 0.699. The van der Waals surface area contributed by atoms with E-state index in [0.29, 0.717) is 17.3 Å². The van der Waals surface area contributed by atoms with Crippen molar-refractivity contribution in [1.82, 2.24) is 9.97 Å². The van der Waals surface area contributed by atoms with Gasteiger partial charge in [0.2, 0.25) is 5.95 Å². The van der Waals surface area contributed by atoms with Crippen molar-refractivity contribution < 1.29 is 5.11 Å². The van der Waals surface area contributed by atoms with Crippen LogP contribution in [0.15, 0.2) is 18.9 Å². The van der Waals surface area contributed by atoms with Gasteiger partial charge in [-0.1, -0.05) is 6.08 Å². The van der Waals surface area contributed by atoms with Crippen molar-refractivity contribution >= 4 is 11.8 Å². The van der Waals surface area contributed by atoms with Crippen LogP contribution in [0.5, 0.6) is 0 Å². The topological polar surface area (TPSA) is 93.9 Å². The number of anilines is 2. The highest BCUT2D eigenvalue weighted by atomic mass is 16.3. The molecule has 3 N–H and O–H groups in total. The molecule has 1 unspecified atom stereocenters. The molecule has 1 saturated carbocycles. The van der Waals surface area contributed by atoms with Crippen molar-refractivity contribution in [2.24, 2.45) is 0 Å². The van der Waals surface area contributed by atoms with Crippen molar-refractivity contribution in [2.45, 2.75) is 57.2 Å². The number of aliphatic hydroxyl groups excluding tert-OH is 1. The van der Waals surface area contributed by atoms with Crippen molar-refractivity contribution in [3.05, 3.63) is 24.4 Å². The summed E-state index contributed by atoms with van der Waals surface area (Å²) in [5.41, 5.74) is 0.431. The average Bonchev–Trinajstić information content (AvgIpc) is 2.50. The Kier molecular flexibility index (Phi) is 5.73. The molecule has 118 valence electrons. The van der Waals surface area contributed by atoms with E-state index in [1.54, 1.807) is 0 Å². The SMILES string of the molecule is C=CCC(C)Nc1nc(NC2CCC(O)CC2)ncc1C#N. The molecule has 0 spiro atoms. The summed E-state index contributed by atoms with van der Waals surface area (Å²) in [7, 11) is 0. The highest BCUT2D eigenvalue weighted by Crippen LogP contribution is 2.22. The monoisotopic (exact) mass is 301 g/mol. The van der Waals surface area contributed by atoms with Crippen molar-refractivity contribution in [2.75, 3.05) is 10.6 Å². The second-order valence-electron chi connectivity index (χ2n) is 5.79. The molecule has 22 heavy (non-hydrogen) atoms. The second kappa shape index (κ2) is 7.76. The van der Waals surface area contributed by atoms with Gasteiger partial charge in [0.25, 0.3) is 0 Å². The minimum Gasteiger partial charge on any atom is -0.393 e. The first kappa shape index (κ1) is 16.2. The molecule has 1 aromatic rings. The molecule has 0 bridgehead atoms. The van der Waals surface area contributed by atoms with Crippen LogP contribution >= 0.6 is 0 Å². The van der Waals surface area contributed by atoms with Crippen LogP contribution in [0.25, 0.3) is 0 Å². The average molecular weight is 301 g/mol. The second-order valence-corrected chi connectivity index (χ2v) is 5.79. The lowest BCUT2D eigenvalue weighted by Crippen LogP contribution is -2.29. The summed E-state index contributed by atoms with van der Waals surface area (Å²) in [4.78, 5) is 8.64. The number of aromatic nitrogens is 2. The molecular formula is C16H23N5O. The Balaban J connectivity index is 2.06. The van der Waals surface area contributed by atoms with Crippen molar-refractivity contribution in [1.29, 1.82) is 5.26 Å². The van der Waals surface area contributed by atoms with Crippen LogP contribution in [0.1, 0.15) is 44.6 Å². The summed E-state index contributed by atoms with van der Waals surface area (Å²) >= 11 is 0. The standard InChI is InChI=1S/C16H23N5O/c1-3-4-11(2)19-15-12(9-17)10-18-16(21-15)20-13-5-7-14(22)8-6-13/h3,10-11,13-14,22H,1,4-8H2,2H3,(H2,18,19,20,21). The summed E-state index contributed by atoms with van der Waals surface area (Å²) in [6.07, 6.45) is 7.38. The third kappa shape index (κ3) is 4.43. The van der Waals surface area contributed by atoms with Gasteiger partial charge >= 0.3 is 0 Å². The molecule has 1 heterocycles. The van der Waals surface area contributed by atoms with E-state index in [4.69, 9.17) is 5.26 Å². The molecule has 6 heteroatoms. The minimum absolute atomic E-state index is 0.150. The third-order valence-electron chi connectivity index (χ3n) is 3.84. The minimum atomic E-state index is -0.183. The van der Waals surface area contributed by atoms with E-state index in [-0.39, 0.29) is 18.2 Å². The molecule has 6 nitrogen and oxygen atoms in total. The zero-order chi connectivity index (χ0) is 15.9. The number of hydrogen-bond acceptors (Lipinski definition) is 6. The van der Waals surface area contributed by atoms with Crippen molar-refractivity contribution in [3.8, 4) is 6.07 Å². The molecule has 0 saturated heterocycles. The largest absolute Gasteiger partial charge is 0.393 e. The van der Waals surface area contributed by atoms with E-state index in [1.165, 1.54) is 6.20 Å². The molecule has 2 rings (SSSR count). The van der Waals surface area contributed by atoms with E-state index in [1.807, 2.05) is 13.0 Å². The first-order valence-electron chi connectivity index (χ1n) is 7.71. The molecule has 1 fully saturated rings. The Morgan fingerprint density at radius 2 is 2.23 bits per heavy atom. The highest BCUT2D eigenvalue weighted by Gasteiger charge is 2.20. The molecule has 0 amide bonds. The predicted molar refractivity (Wildman–Crippen MR) is 86.5 cm³/mol. The maximum Gasteiger partial charge on any atom is 0.224 e. The Hall–Kier alpha value is -2.13. The van der Waals surface area contributed by atoms with Crippen LogP contribution in [0.2, 0.25) is 0 Å². The van der Waals surface area contributed by atoms with Crippen molar-refractivity contribution in [3.63, 3.8) is 0 Å².